The Labute approximate surface area is 154 Å². The highest BCUT2D eigenvalue weighted by Gasteiger charge is 2.17. The van der Waals surface area contributed by atoms with Crippen molar-refractivity contribution in [2.45, 2.75) is 12.5 Å². The first-order valence-electron chi connectivity index (χ1n) is 8.74. The zero-order valence-electron chi connectivity index (χ0n) is 15.2. The van der Waals surface area contributed by atoms with Gasteiger partial charge >= 0.3 is 0 Å². The first-order chi connectivity index (χ1) is 12.6. The maximum Gasteiger partial charge on any atom is 0.224 e. The SMILES string of the molecule is CN(C)[C@@H](CNC(=O)Cc1ccc(-c2ccccc2)cc1)c1ccco1. The summed E-state index contributed by atoms with van der Waals surface area (Å²) in [7, 11) is 3.95. The van der Waals surface area contributed by atoms with E-state index in [0.29, 0.717) is 13.0 Å². The van der Waals surface area contributed by atoms with Crippen molar-refractivity contribution < 1.29 is 9.21 Å². The number of amides is 1. The molecule has 0 aliphatic carbocycles. The van der Waals surface area contributed by atoms with Gasteiger partial charge in [-0.1, -0.05) is 54.6 Å². The van der Waals surface area contributed by atoms with E-state index < -0.39 is 0 Å². The van der Waals surface area contributed by atoms with Gasteiger partial charge < -0.3 is 9.73 Å². The normalized spacial score (nSPS) is 12.1. The second-order valence-corrected chi connectivity index (χ2v) is 6.54. The number of rotatable bonds is 7. The lowest BCUT2D eigenvalue weighted by Crippen LogP contribution is -2.35. The maximum absolute atomic E-state index is 12.3. The molecule has 0 saturated heterocycles. The van der Waals surface area contributed by atoms with Crippen molar-refractivity contribution in [1.29, 1.82) is 0 Å². The van der Waals surface area contributed by atoms with Gasteiger partial charge in [-0.2, -0.15) is 0 Å². The van der Waals surface area contributed by atoms with Gasteiger partial charge in [0.05, 0.1) is 18.7 Å². The quantitative estimate of drug-likeness (QED) is 0.704. The van der Waals surface area contributed by atoms with Crippen LogP contribution in [-0.4, -0.2) is 31.4 Å². The first kappa shape index (κ1) is 18.0. The van der Waals surface area contributed by atoms with Gasteiger partial charge in [-0.25, -0.2) is 0 Å². The number of nitrogens with zero attached hydrogens (tertiary/aromatic N) is 1. The van der Waals surface area contributed by atoms with E-state index in [2.05, 4.69) is 29.6 Å². The molecular weight excluding hydrogens is 324 g/mol. The average molecular weight is 348 g/mol. The first-order valence-corrected chi connectivity index (χ1v) is 8.74. The molecular formula is C22H24N2O2. The van der Waals surface area contributed by atoms with Crippen molar-refractivity contribution in [3.8, 4) is 11.1 Å². The van der Waals surface area contributed by atoms with Crippen LogP contribution in [0.2, 0.25) is 0 Å². The molecule has 2 aromatic carbocycles. The number of benzene rings is 2. The minimum absolute atomic E-state index is 0.0101. The lowest BCUT2D eigenvalue weighted by molar-refractivity contribution is -0.120. The molecule has 1 heterocycles. The lowest BCUT2D eigenvalue weighted by Gasteiger charge is -2.22. The molecule has 0 saturated carbocycles. The highest BCUT2D eigenvalue weighted by atomic mass is 16.3. The third-order valence-corrected chi connectivity index (χ3v) is 4.41. The van der Waals surface area contributed by atoms with Crippen molar-refractivity contribution in [2.75, 3.05) is 20.6 Å². The highest BCUT2D eigenvalue weighted by molar-refractivity contribution is 5.79. The summed E-state index contributed by atoms with van der Waals surface area (Å²) in [5, 5.41) is 3.01. The van der Waals surface area contributed by atoms with Crippen LogP contribution in [0.4, 0.5) is 0 Å². The molecule has 1 N–H and O–H groups in total. The van der Waals surface area contributed by atoms with E-state index in [1.165, 1.54) is 5.56 Å². The Bertz CT molecular complexity index is 809. The Balaban J connectivity index is 1.56. The Morgan fingerprint density at radius 3 is 2.27 bits per heavy atom. The molecule has 4 heteroatoms. The fourth-order valence-corrected chi connectivity index (χ4v) is 2.92. The van der Waals surface area contributed by atoms with Crippen LogP contribution in [0.3, 0.4) is 0 Å². The second kappa shape index (κ2) is 8.50. The van der Waals surface area contributed by atoms with Crippen LogP contribution in [0.15, 0.2) is 77.4 Å². The molecule has 3 rings (SSSR count). The zero-order valence-corrected chi connectivity index (χ0v) is 15.2. The Morgan fingerprint density at radius 1 is 0.962 bits per heavy atom. The summed E-state index contributed by atoms with van der Waals surface area (Å²) in [5.74, 6) is 0.860. The maximum atomic E-state index is 12.3. The second-order valence-electron chi connectivity index (χ2n) is 6.54. The van der Waals surface area contributed by atoms with Crippen molar-refractivity contribution in [1.82, 2.24) is 10.2 Å². The Morgan fingerprint density at radius 2 is 1.65 bits per heavy atom. The van der Waals surface area contributed by atoms with Gasteiger partial charge in [0, 0.05) is 6.54 Å². The number of carbonyl (C=O) groups is 1. The van der Waals surface area contributed by atoms with Crippen molar-refractivity contribution in [3.05, 3.63) is 84.3 Å². The van der Waals surface area contributed by atoms with Crippen LogP contribution in [0.1, 0.15) is 17.4 Å². The summed E-state index contributed by atoms with van der Waals surface area (Å²) in [5.41, 5.74) is 3.33. The molecule has 0 radical (unpaired) electrons. The van der Waals surface area contributed by atoms with Crippen molar-refractivity contribution in [3.63, 3.8) is 0 Å². The van der Waals surface area contributed by atoms with Gasteiger partial charge in [-0.05, 0) is 42.9 Å². The van der Waals surface area contributed by atoms with Crippen LogP contribution in [0, 0.1) is 0 Å². The predicted molar refractivity (Wildman–Crippen MR) is 104 cm³/mol. The fraction of sp³-hybridized carbons (Fsp3) is 0.227. The highest BCUT2D eigenvalue weighted by Crippen LogP contribution is 2.20. The minimum atomic E-state index is 0.0101. The van der Waals surface area contributed by atoms with Gasteiger partial charge in [0.1, 0.15) is 5.76 Å². The summed E-state index contributed by atoms with van der Waals surface area (Å²) >= 11 is 0. The molecule has 1 aromatic heterocycles. The monoisotopic (exact) mass is 348 g/mol. The molecule has 0 aliphatic rings. The molecule has 0 fully saturated rings. The smallest absolute Gasteiger partial charge is 0.224 e. The number of furan rings is 1. The fourth-order valence-electron chi connectivity index (χ4n) is 2.92. The van der Waals surface area contributed by atoms with E-state index in [9.17, 15) is 4.79 Å². The topological polar surface area (TPSA) is 45.5 Å². The van der Waals surface area contributed by atoms with Gasteiger partial charge in [0.2, 0.25) is 5.91 Å². The molecule has 134 valence electrons. The van der Waals surface area contributed by atoms with Gasteiger partial charge in [0.25, 0.3) is 0 Å². The minimum Gasteiger partial charge on any atom is -0.468 e. The van der Waals surface area contributed by atoms with Crippen LogP contribution in [0.25, 0.3) is 11.1 Å². The summed E-state index contributed by atoms with van der Waals surface area (Å²) in [6.45, 7) is 0.515. The van der Waals surface area contributed by atoms with Crippen LogP contribution < -0.4 is 5.32 Å². The molecule has 1 atom stereocenters. The van der Waals surface area contributed by atoms with E-state index in [1.807, 2.05) is 61.5 Å². The summed E-state index contributed by atoms with van der Waals surface area (Å²) < 4.78 is 5.47. The molecule has 3 aromatic rings. The zero-order chi connectivity index (χ0) is 18.4. The molecule has 0 unspecified atom stereocenters. The van der Waals surface area contributed by atoms with Crippen LogP contribution in [0.5, 0.6) is 0 Å². The van der Waals surface area contributed by atoms with Crippen LogP contribution in [-0.2, 0) is 11.2 Å². The Hall–Kier alpha value is -2.85. The van der Waals surface area contributed by atoms with E-state index in [1.54, 1.807) is 6.26 Å². The summed E-state index contributed by atoms with van der Waals surface area (Å²) in [6.07, 6.45) is 2.02. The van der Waals surface area contributed by atoms with E-state index in [0.717, 1.165) is 16.9 Å². The molecule has 0 spiro atoms. The lowest BCUT2D eigenvalue weighted by atomic mass is 10.0. The van der Waals surface area contributed by atoms with E-state index in [4.69, 9.17) is 4.42 Å². The van der Waals surface area contributed by atoms with E-state index >= 15 is 0 Å². The van der Waals surface area contributed by atoms with Crippen molar-refractivity contribution in [2.24, 2.45) is 0 Å². The standard InChI is InChI=1S/C22H24N2O2/c1-24(2)20(21-9-6-14-26-21)16-23-22(25)15-17-10-12-19(13-11-17)18-7-4-3-5-8-18/h3-14,20H,15-16H2,1-2H3,(H,23,25)/t20-/m0/s1. The number of hydrogen-bond donors (Lipinski definition) is 1. The van der Waals surface area contributed by atoms with Gasteiger partial charge in [-0.15, -0.1) is 0 Å². The van der Waals surface area contributed by atoms with Crippen molar-refractivity contribution >= 4 is 5.91 Å². The van der Waals surface area contributed by atoms with Gasteiger partial charge in [-0.3, -0.25) is 9.69 Å². The van der Waals surface area contributed by atoms with Gasteiger partial charge in [0.15, 0.2) is 0 Å². The summed E-state index contributed by atoms with van der Waals surface area (Å²) in [6, 6.07) is 22.2. The molecule has 4 nitrogen and oxygen atoms in total. The largest absolute Gasteiger partial charge is 0.468 e. The Kier molecular flexibility index (Phi) is 5.87. The number of hydrogen-bond acceptors (Lipinski definition) is 3. The summed E-state index contributed by atoms with van der Waals surface area (Å²) in [4.78, 5) is 14.3. The number of nitrogens with one attached hydrogen (secondary N) is 1. The molecule has 0 aliphatic heterocycles. The number of likely N-dealkylation sites (N-methyl/N-ethyl adjacent to an activating group) is 1. The van der Waals surface area contributed by atoms with Crippen LogP contribution >= 0.6 is 0 Å². The molecule has 0 bridgehead atoms. The van der Waals surface area contributed by atoms with E-state index in [-0.39, 0.29) is 11.9 Å². The number of carbonyl (C=O) groups excluding carboxylic acids is 1. The molecule has 1 amide bonds. The third-order valence-electron chi connectivity index (χ3n) is 4.41. The predicted octanol–water partition coefficient (Wildman–Crippen LogP) is 3.91. The average Bonchev–Trinajstić information content (AvgIpc) is 3.17. The third kappa shape index (κ3) is 4.61. The molecule has 26 heavy (non-hydrogen) atoms.